The Morgan fingerprint density at radius 3 is 2.40 bits per heavy atom. The number of thioether (sulfide) groups is 1. The third kappa shape index (κ3) is 4.88. The molecule has 0 bridgehead atoms. The SMILES string of the molecule is CC(=O)Oc1ccc(CSC(C)C)cc1. The second-order valence-corrected chi connectivity index (χ2v) is 5.16. The van der Waals surface area contributed by atoms with Crippen molar-refractivity contribution in [3.8, 4) is 5.75 Å². The summed E-state index contributed by atoms with van der Waals surface area (Å²) >= 11 is 1.90. The molecule has 0 saturated carbocycles. The summed E-state index contributed by atoms with van der Waals surface area (Å²) in [6.07, 6.45) is 0. The summed E-state index contributed by atoms with van der Waals surface area (Å²) in [7, 11) is 0. The first-order chi connectivity index (χ1) is 7.08. The van der Waals surface area contributed by atoms with Crippen LogP contribution in [0.4, 0.5) is 0 Å². The van der Waals surface area contributed by atoms with Crippen molar-refractivity contribution in [2.45, 2.75) is 31.8 Å². The number of ether oxygens (including phenoxy) is 1. The highest BCUT2D eigenvalue weighted by Gasteiger charge is 1.99. The molecule has 0 aromatic heterocycles. The maximum absolute atomic E-state index is 10.7. The first-order valence-electron chi connectivity index (χ1n) is 4.97. The van der Waals surface area contributed by atoms with Crippen molar-refractivity contribution in [3.05, 3.63) is 29.8 Å². The molecule has 2 nitrogen and oxygen atoms in total. The second-order valence-electron chi connectivity index (χ2n) is 3.60. The highest BCUT2D eigenvalue weighted by molar-refractivity contribution is 7.99. The van der Waals surface area contributed by atoms with Crippen LogP contribution in [0.15, 0.2) is 24.3 Å². The van der Waals surface area contributed by atoms with E-state index in [-0.39, 0.29) is 5.97 Å². The summed E-state index contributed by atoms with van der Waals surface area (Å²) < 4.78 is 4.95. The number of carbonyl (C=O) groups is 1. The molecule has 1 aromatic carbocycles. The molecule has 0 N–H and O–H groups in total. The smallest absolute Gasteiger partial charge is 0.308 e. The molecule has 0 aliphatic heterocycles. The normalized spacial score (nSPS) is 10.4. The van der Waals surface area contributed by atoms with E-state index >= 15 is 0 Å². The van der Waals surface area contributed by atoms with Gasteiger partial charge >= 0.3 is 5.97 Å². The van der Waals surface area contributed by atoms with Crippen LogP contribution in [0, 0.1) is 0 Å². The van der Waals surface area contributed by atoms with Crippen molar-refractivity contribution in [2.24, 2.45) is 0 Å². The predicted molar refractivity (Wildman–Crippen MR) is 64.2 cm³/mol. The molecule has 0 aliphatic rings. The number of rotatable bonds is 4. The van der Waals surface area contributed by atoms with Gasteiger partial charge in [0.15, 0.2) is 0 Å². The van der Waals surface area contributed by atoms with Crippen LogP contribution in [0.2, 0.25) is 0 Å². The molecule has 0 saturated heterocycles. The molecule has 1 aromatic rings. The number of hydrogen-bond acceptors (Lipinski definition) is 3. The van der Waals surface area contributed by atoms with Gasteiger partial charge in [-0.2, -0.15) is 11.8 Å². The molecule has 0 radical (unpaired) electrons. The van der Waals surface area contributed by atoms with Crippen LogP contribution in [0.3, 0.4) is 0 Å². The van der Waals surface area contributed by atoms with Crippen molar-refractivity contribution in [1.29, 1.82) is 0 Å². The van der Waals surface area contributed by atoms with Gasteiger partial charge in [0, 0.05) is 12.7 Å². The number of hydrogen-bond donors (Lipinski definition) is 0. The summed E-state index contributed by atoms with van der Waals surface area (Å²) in [5, 5.41) is 0.637. The van der Waals surface area contributed by atoms with E-state index in [1.165, 1.54) is 12.5 Å². The average molecular weight is 224 g/mol. The molecule has 15 heavy (non-hydrogen) atoms. The van der Waals surface area contributed by atoms with Crippen molar-refractivity contribution in [1.82, 2.24) is 0 Å². The van der Waals surface area contributed by atoms with E-state index in [9.17, 15) is 4.79 Å². The van der Waals surface area contributed by atoms with Crippen LogP contribution < -0.4 is 4.74 Å². The molecule has 0 spiro atoms. The van der Waals surface area contributed by atoms with Gasteiger partial charge < -0.3 is 4.74 Å². The predicted octanol–water partition coefficient (Wildman–Crippen LogP) is 3.25. The standard InChI is InChI=1S/C12H16O2S/c1-9(2)15-8-11-4-6-12(7-5-11)14-10(3)13/h4-7,9H,8H2,1-3H3. The summed E-state index contributed by atoms with van der Waals surface area (Å²) in [6, 6.07) is 7.65. The van der Waals surface area contributed by atoms with E-state index in [2.05, 4.69) is 13.8 Å². The van der Waals surface area contributed by atoms with Crippen LogP contribution in [0.1, 0.15) is 26.3 Å². The minimum atomic E-state index is -0.278. The Labute approximate surface area is 95.0 Å². The lowest BCUT2D eigenvalue weighted by molar-refractivity contribution is -0.131. The summed E-state index contributed by atoms with van der Waals surface area (Å²) in [4.78, 5) is 10.7. The monoisotopic (exact) mass is 224 g/mol. The van der Waals surface area contributed by atoms with Crippen LogP contribution >= 0.6 is 11.8 Å². The summed E-state index contributed by atoms with van der Waals surface area (Å²) in [6.45, 7) is 5.76. The number of carbonyl (C=O) groups excluding carboxylic acids is 1. The van der Waals surface area contributed by atoms with Gasteiger partial charge in [-0.15, -0.1) is 0 Å². The largest absolute Gasteiger partial charge is 0.427 e. The molecule has 3 heteroatoms. The molecule has 1 rings (SSSR count). The van der Waals surface area contributed by atoms with E-state index in [0.29, 0.717) is 11.0 Å². The van der Waals surface area contributed by atoms with E-state index in [4.69, 9.17) is 4.74 Å². The van der Waals surface area contributed by atoms with Gasteiger partial charge in [-0.05, 0) is 22.9 Å². The lowest BCUT2D eigenvalue weighted by Gasteiger charge is -2.05. The van der Waals surface area contributed by atoms with E-state index < -0.39 is 0 Å². The number of esters is 1. The molecular formula is C12H16O2S. The topological polar surface area (TPSA) is 26.3 Å². The van der Waals surface area contributed by atoms with Crippen molar-refractivity contribution < 1.29 is 9.53 Å². The van der Waals surface area contributed by atoms with E-state index in [1.807, 2.05) is 36.0 Å². The van der Waals surface area contributed by atoms with Crippen molar-refractivity contribution in [3.63, 3.8) is 0 Å². The first-order valence-corrected chi connectivity index (χ1v) is 6.02. The van der Waals surface area contributed by atoms with Crippen LogP contribution in [-0.4, -0.2) is 11.2 Å². The van der Waals surface area contributed by atoms with Gasteiger partial charge in [-0.25, -0.2) is 0 Å². The molecule has 0 amide bonds. The minimum absolute atomic E-state index is 0.278. The zero-order valence-electron chi connectivity index (χ0n) is 9.32. The second kappa shape index (κ2) is 5.81. The van der Waals surface area contributed by atoms with Crippen LogP contribution in [0.5, 0.6) is 5.75 Å². The Morgan fingerprint density at radius 2 is 1.93 bits per heavy atom. The lowest BCUT2D eigenvalue weighted by atomic mass is 10.2. The third-order valence-corrected chi connectivity index (χ3v) is 2.93. The quantitative estimate of drug-likeness (QED) is 0.580. The number of benzene rings is 1. The molecule has 0 aliphatic carbocycles. The highest BCUT2D eigenvalue weighted by atomic mass is 32.2. The van der Waals surface area contributed by atoms with Gasteiger partial charge in [0.1, 0.15) is 5.75 Å². The Bertz CT molecular complexity index is 317. The fourth-order valence-electron chi connectivity index (χ4n) is 1.08. The lowest BCUT2D eigenvalue weighted by Crippen LogP contribution is -2.01. The molecule has 0 heterocycles. The van der Waals surface area contributed by atoms with Crippen molar-refractivity contribution in [2.75, 3.05) is 0 Å². The Morgan fingerprint density at radius 1 is 1.33 bits per heavy atom. The van der Waals surface area contributed by atoms with Gasteiger partial charge in [0.25, 0.3) is 0 Å². The molecule has 0 unspecified atom stereocenters. The van der Waals surface area contributed by atoms with Crippen LogP contribution in [-0.2, 0) is 10.5 Å². The van der Waals surface area contributed by atoms with Gasteiger partial charge in [0.05, 0.1) is 0 Å². The zero-order valence-corrected chi connectivity index (χ0v) is 10.1. The third-order valence-electron chi connectivity index (χ3n) is 1.77. The molecular weight excluding hydrogens is 208 g/mol. The van der Waals surface area contributed by atoms with Gasteiger partial charge in [-0.1, -0.05) is 26.0 Å². The maximum atomic E-state index is 10.7. The minimum Gasteiger partial charge on any atom is -0.427 e. The zero-order chi connectivity index (χ0) is 11.3. The summed E-state index contributed by atoms with van der Waals surface area (Å²) in [5.41, 5.74) is 1.25. The van der Waals surface area contributed by atoms with E-state index in [0.717, 1.165) is 5.75 Å². The molecule has 82 valence electrons. The van der Waals surface area contributed by atoms with Crippen LogP contribution in [0.25, 0.3) is 0 Å². The Kier molecular flexibility index (Phi) is 4.69. The van der Waals surface area contributed by atoms with Gasteiger partial charge in [-0.3, -0.25) is 4.79 Å². The summed E-state index contributed by atoms with van der Waals surface area (Å²) in [5.74, 6) is 1.33. The first kappa shape index (κ1) is 12.1. The van der Waals surface area contributed by atoms with E-state index in [1.54, 1.807) is 0 Å². The molecule has 0 fully saturated rings. The van der Waals surface area contributed by atoms with Crippen molar-refractivity contribution >= 4 is 17.7 Å². The Balaban J connectivity index is 2.52. The van der Waals surface area contributed by atoms with Gasteiger partial charge in [0.2, 0.25) is 0 Å². The fourth-order valence-corrected chi connectivity index (χ4v) is 1.80. The fraction of sp³-hybridized carbons (Fsp3) is 0.417. The maximum Gasteiger partial charge on any atom is 0.308 e. The Hall–Kier alpha value is -0.960. The average Bonchev–Trinajstić information content (AvgIpc) is 2.16. The highest BCUT2D eigenvalue weighted by Crippen LogP contribution is 2.19. The molecule has 0 atom stereocenters.